The summed E-state index contributed by atoms with van der Waals surface area (Å²) in [6.07, 6.45) is 2.33. The van der Waals surface area contributed by atoms with Gasteiger partial charge in [-0.25, -0.2) is 4.79 Å². The zero-order valence-electron chi connectivity index (χ0n) is 14.1. The number of nitrogens with one attached hydrogen (secondary N) is 2. The van der Waals surface area contributed by atoms with E-state index in [2.05, 4.69) is 22.6 Å². The summed E-state index contributed by atoms with van der Waals surface area (Å²) in [5.74, 6) is 0.0609. The molecule has 0 aliphatic carbocycles. The number of piperidine rings is 1. The van der Waals surface area contributed by atoms with E-state index in [0.29, 0.717) is 6.42 Å². The second kappa shape index (κ2) is 7.97. The smallest absolute Gasteiger partial charge is 0.319 e. The van der Waals surface area contributed by atoms with Gasteiger partial charge in [-0.05, 0) is 50.7 Å². The maximum Gasteiger partial charge on any atom is 0.319 e. The number of rotatable bonds is 4. The molecule has 0 aromatic heterocycles. The van der Waals surface area contributed by atoms with Crippen molar-refractivity contribution in [3.05, 3.63) is 29.8 Å². The first kappa shape index (κ1) is 17.3. The van der Waals surface area contributed by atoms with Crippen molar-refractivity contribution in [2.24, 2.45) is 0 Å². The molecule has 0 saturated carbocycles. The van der Waals surface area contributed by atoms with Gasteiger partial charge in [0.1, 0.15) is 0 Å². The fourth-order valence-electron chi connectivity index (χ4n) is 2.54. The van der Waals surface area contributed by atoms with Gasteiger partial charge in [-0.15, -0.1) is 0 Å². The van der Waals surface area contributed by atoms with Crippen LogP contribution < -0.4 is 10.6 Å². The first-order valence-electron chi connectivity index (χ1n) is 7.99. The number of nitrogens with zero attached hydrogens (tertiary/aromatic N) is 2. The topological polar surface area (TPSA) is 64.7 Å². The lowest BCUT2D eigenvalue weighted by Crippen LogP contribution is -2.44. The average Bonchev–Trinajstić information content (AvgIpc) is 2.51. The summed E-state index contributed by atoms with van der Waals surface area (Å²) in [6, 6.07) is 7.46. The minimum absolute atomic E-state index is 0.0609. The predicted molar refractivity (Wildman–Crippen MR) is 91.5 cm³/mol. The summed E-state index contributed by atoms with van der Waals surface area (Å²) in [4.78, 5) is 27.5. The number of anilines is 1. The highest BCUT2D eigenvalue weighted by Crippen LogP contribution is 2.12. The number of hydrogen-bond acceptors (Lipinski definition) is 3. The van der Waals surface area contributed by atoms with Crippen LogP contribution in [-0.2, 0) is 11.2 Å². The zero-order valence-corrected chi connectivity index (χ0v) is 14.1. The van der Waals surface area contributed by atoms with Gasteiger partial charge in [-0.3, -0.25) is 4.79 Å². The number of likely N-dealkylation sites (tertiary alicyclic amines) is 1. The average molecular weight is 318 g/mol. The molecule has 0 radical (unpaired) electrons. The minimum Gasteiger partial charge on any atom is -0.349 e. The summed E-state index contributed by atoms with van der Waals surface area (Å²) in [5.41, 5.74) is 1.67. The van der Waals surface area contributed by atoms with Crippen LogP contribution in [0.25, 0.3) is 0 Å². The summed E-state index contributed by atoms with van der Waals surface area (Å²) in [7, 11) is 5.58. The molecule has 6 nitrogen and oxygen atoms in total. The van der Waals surface area contributed by atoms with E-state index in [9.17, 15) is 9.59 Å². The Morgan fingerprint density at radius 2 is 1.78 bits per heavy atom. The van der Waals surface area contributed by atoms with E-state index in [4.69, 9.17) is 0 Å². The Balaban J connectivity index is 1.81. The number of hydrogen-bond donors (Lipinski definition) is 2. The van der Waals surface area contributed by atoms with Gasteiger partial charge in [-0.2, -0.15) is 0 Å². The van der Waals surface area contributed by atoms with Crippen molar-refractivity contribution in [3.8, 4) is 0 Å². The fourth-order valence-corrected chi connectivity index (χ4v) is 2.54. The van der Waals surface area contributed by atoms with Gasteiger partial charge in [0.15, 0.2) is 0 Å². The van der Waals surface area contributed by atoms with Crippen molar-refractivity contribution in [1.29, 1.82) is 0 Å². The molecule has 0 spiro atoms. The quantitative estimate of drug-likeness (QED) is 0.885. The standard InChI is InChI=1S/C17H26N4O2/c1-20(2)16(22)12-13-4-6-14(7-5-13)18-17(23)19-15-8-10-21(3)11-9-15/h4-7,15H,8-12H2,1-3H3,(H2,18,19,23). The molecule has 1 aromatic carbocycles. The van der Waals surface area contributed by atoms with E-state index in [0.717, 1.165) is 37.2 Å². The monoisotopic (exact) mass is 318 g/mol. The van der Waals surface area contributed by atoms with Gasteiger partial charge < -0.3 is 20.4 Å². The van der Waals surface area contributed by atoms with Crippen LogP contribution in [0.15, 0.2) is 24.3 Å². The molecule has 0 unspecified atom stereocenters. The van der Waals surface area contributed by atoms with Crippen molar-refractivity contribution >= 4 is 17.6 Å². The Bertz CT molecular complexity index is 534. The van der Waals surface area contributed by atoms with Gasteiger partial charge in [0.25, 0.3) is 0 Å². The molecule has 1 saturated heterocycles. The Morgan fingerprint density at radius 1 is 1.17 bits per heavy atom. The Morgan fingerprint density at radius 3 is 2.35 bits per heavy atom. The SMILES string of the molecule is CN1CCC(NC(=O)Nc2ccc(CC(=O)N(C)C)cc2)CC1. The Hall–Kier alpha value is -2.08. The zero-order chi connectivity index (χ0) is 16.8. The molecule has 1 aliphatic rings. The summed E-state index contributed by atoms with van der Waals surface area (Å²) in [5, 5.41) is 5.86. The van der Waals surface area contributed by atoms with E-state index >= 15 is 0 Å². The molecule has 0 atom stereocenters. The highest BCUT2D eigenvalue weighted by atomic mass is 16.2. The third kappa shape index (κ3) is 5.56. The first-order chi connectivity index (χ1) is 10.9. The van der Waals surface area contributed by atoms with Gasteiger partial charge in [0.2, 0.25) is 5.91 Å². The van der Waals surface area contributed by atoms with Crippen LogP contribution in [0.2, 0.25) is 0 Å². The maximum atomic E-state index is 12.0. The van der Waals surface area contributed by atoms with Crippen LogP contribution in [-0.4, -0.2) is 62.0 Å². The highest BCUT2D eigenvalue weighted by Gasteiger charge is 2.18. The van der Waals surface area contributed by atoms with Crippen LogP contribution >= 0.6 is 0 Å². The van der Waals surface area contributed by atoms with Crippen molar-refractivity contribution in [2.45, 2.75) is 25.3 Å². The largest absolute Gasteiger partial charge is 0.349 e. The molecule has 6 heteroatoms. The van der Waals surface area contributed by atoms with Crippen molar-refractivity contribution < 1.29 is 9.59 Å². The molecule has 1 aliphatic heterocycles. The molecular weight excluding hydrogens is 292 g/mol. The molecular formula is C17H26N4O2. The van der Waals surface area contributed by atoms with Crippen molar-refractivity contribution in [2.75, 3.05) is 39.5 Å². The predicted octanol–water partition coefficient (Wildman–Crippen LogP) is 1.53. The van der Waals surface area contributed by atoms with Crippen molar-refractivity contribution in [3.63, 3.8) is 0 Å². The number of carbonyl (C=O) groups excluding carboxylic acids is 2. The molecule has 1 heterocycles. The van der Waals surface area contributed by atoms with Gasteiger partial charge in [-0.1, -0.05) is 12.1 Å². The third-order valence-electron chi connectivity index (χ3n) is 4.12. The molecule has 126 valence electrons. The minimum atomic E-state index is -0.170. The second-order valence-electron chi connectivity index (χ2n) is 6.34. The molecule has 3 amide bonds. The highest BCUT2D eigenvalue weighted by molar-refractivity contribution is 5.89. The van der Waals surface area contributed by atoms with Gasteiger partial charge in [0, 0.05) is 25.8 Å². The maximum absolute atomic E-state index is 12.0. The van der Waals surface area contributed by atoms with Gasteiger partial charge >= 0.3 is 6.03 Å². The number of amides is 3. The molecule has 2 N–H and O–H groups in total. The van der Waals surface area contributed by atoms with E-state index in [1.807, 2.05) is 24.3 Å². The molecule has 1 aromatic rings. The Labute approximate surface area is 137 Å². The summed E-state index contributed by atoms with van der Waals surface area (Å²) >= 11 is 0. The van der Waals surface area contributed by atoms with E-state index in [1.165, 1.54) is 0 Å². The fraction of sp³-hybridized carbons (Fsp3) is 0.529. The lowest BCUT2D eigenvalue weighted by molar-refractivity contribution is -0.127. The lowest BCUT2D eigenvalue weighted by atomic mass is 10.1. The summed E-state index contributed by atoms with van der Waals surface area (Å²) in [6.45, 7) is 2.03. The number of carbonyl (C=O) groups is 2. The third-order valence-corrected chi connectivity index (χ3v) is 4.12. The van der Waals surface area contributed by atoms with E-state index < -0.39 is 0 Å². The van der Waals surface area contributed by atoms with Crippen molar-refractivity contribution in [1.82, 2.24) is 15.1 Å². The Kier molecular flexibility index (Phi) is 5.98. The molecule has 23 heavy (non-hydrogen) atoms. The van der Waals surface area contributed by atoms with Crippen LogP contribution in [0.5, 0.6) is 0 Å². The van der Waals surface area contributed by atoms with Crippen LogP contribution in [0.3, 0.4) is 0 Å². The first-order valence-corrected chi connectivity index (χ1v) is 7.99. The second-order valence-corrected chi connectivity index (χ2v) is 6.34. The molecule has 1 fully saturated rings. The van der Waals surface area contributed by atoms with Crippen LogP contribution in [0.4, 0.5) is 10.5 Å². The normalized spacial score (nSPS) is 16.0. The van der Waals surface area contributed by atoms with Gasteiger partial charge in [0.05, 0.1) is 6.42 Å². The van der Waals surface area contributed by atoms with E-state index in [-0.39, 0.29) is 18.0 Å². The van der Waals surface area contributed by atoms with Crippen LogP contribution in [0, 0.1) is 0 Å². The lowest BCUT2D eigenvalue weighted by Gasteiger charge is -2.29. The molecule has 0 bridgehead atoms. The summed E-state index contributed by atoms with van der Waals surface area (Å²) < 4.78 is 0. The molecule has 2 rings (SSSR count). The number of benzene rings is 1. The number of urea groups is 1. The van der Waals surface area contributed by atoms with Crippen LogP contribution in [0.1, 0.15) is 18.4 Å². The number of likely N-dealkylation sites (N-methyl/N-ethyl adjacent to an activating group) is 1. The van der Waals surface area contributed by atoms with E-state index in [1.54, 1.807) is 19.0 Å².